The predicted octanol–water partition coefficient (Wildman–Crippen LogP) is 2.39. The normalized spacial score (nSPS) is 38.3. The molecule has 0 aromatic carbocycles. The Hall–Kier alpha value is -1.80. The van der Waals surface area contributed by atoms with Gasteiger partial charge < -0.3 is 19.6 Å². The van der Waals surface area contributed by atoms with Gasteiger partial charge in [-0.2, -0.15) is 0 Å². The maximum absolute atomic E-state index is 14.2. The average molecular weight is 477 g/mol. The molecule has 0 saturated carbocycles. The Morgan fingerprint density at radius 1 is 1.12 bits per heavy atom. The smallest absolute Gasteiger partial charge is 0.311 e. The molecule has 182 valence electrons. The van der Waals surface area contributed by atoms with E-state index in [1.165, 1.54) is 0 Å². The summed E-state index contributed by atoms with van der Waals surface area (Å²) in [6.45, 7) is 10.4. The van der Waals surface area contributed by atoms with E-state index < -0.39 is 33.4 Å². The standard InChI is InChI=1S/C25H36N2O5S/c1-15(2)17(14-28)27-20-22(30)26(16(3)4)12-9-11-25(20)18(21(27)29)19-23(31)32-13-8-6-7-10-24(19,5)33-25/h7,9-11,15-20,28H,6,8,12-14H2,1-5H3/b10-7-/t17-,18-,19+,20?,24-,25-/m0/s1. The minimum Gasteiger partial charge on any atom is -0.465 e. The van der Waals surface area contributed by atoms with Gasteiger partial charge in [-0.1, -0.05) is 38.2 Å². The lowest BCUT2D eigenvalue weighted by atomic mass is 9.74. The van der Waals surface area contributed by atoms with Gasteiger partial charge in [-0.05, 0) is 39.5 Å². The van der Waals surface area contributed by atoms with E-state index in [2.05, 4.69) is 6.08 Å². The molecular formula is C25H36N2O5S. The van der Waals surface area contributed by atoms with Gasteiger partial charge in [0.2, 0.25) is 11.8 Å². The molecule has 8 heteroatoms. The summed E-state index contributed by atoms with van der Waals surface area (Å²) in [5, 5.41) is 10.3. The zero-order valence-electron chi connectivity index (χ0n) is 20.2. The van der Waals surface area contributed by atoms with Crippen LogP contribution < -0.4 is 0 Å². The highest BCUT2D eigenvalue weighted by Gasteiger charge is 2.74. The van der Waals surface area contributed by atoms with Crippen LogP contribution >= 0.6 is 11.8 Å². The number of aliphatic hydroxyl groups is 1. The number of carbonyl (C=O) groups is 3. The van der Waals surface area contributed by atoms with Gasteiger partial charge in [-0.15, -0.1) is 11.8 Å². The number of hydrogen-bond acceptors (Lipinski definition) is 6. The van der Waals surface area contributed by atoms with Crippen LogP contribution in [0.2, 0.25) is 0 Å². The van der Waals surface area contributed by atoms with Gasteiger partial charge in [0.1, 0.15) is 6.04 Å². The number of carbonyl (C=O) groups excluding carboxylic acids is 3. The fourth-order valence-electron chi connectivity index (χ4n) is 6.03. The second kappa shape index (κ2) is 8.77. The molecule has 4 heterocycles. The summed E-state index contributed by atoms with van der Waals surface area (Å²) in [6, 6.07) is -1.33. The molecule has 2 fully saturated rings. The first-order valence-electron chi connectivity index (χ1n) is 12.0. The largest absolute Gasteiger partial charge is 0.465 e. The highest BCUT2D eigenvalue weighted by atomic mass is 32.2. The predicted molar refractivity (Wildman–Crippen MR) is 127 cm³/mol. The first-order chi connectivity index (χ1) is 15.6. The second-order valence-corrected chi connectivity index (χ2v) is 12.2. The van der Waals surface area contributed by atoms with Crippen LogP contribution in [0, 0.1) is 17.8 Å². The fourth-order valence-corrected chi connectivity index (χ4v) is 8.17. The maximum atomic E-state index is 14.2. The number of allylic oxidation sites excluding steroid dienone is 1. The second-order valence-electron chi connectivity index (χ2n) is 10.4. The van der Waals surface area contributed by atoms with E-state index in [9.17, 15) is 19.5 Å². The number of amides is 2. The number of ether oxygens (including phenoxy) is 1. The van der Waals surface area contributed by atoms with Crippen LogP contribution in [0.4, 0.5) is 0 Å². The Bertz CT molecular complexity index is 886. The molecule has 1 N–H and O–H groups in total. The number of nitrogens with zero attached hydrogens (tertiary/aromatic N) is 2. The molecule has 4 aliphatic rings. The van der Waals surface area contributed by atoms with E-state index >= 15 is 0 Å². The Balaban J connectivity index is 1.92. The average Bonchev–Trinajstić information content (AvgIpc) is 3.08. The van der Waals surface area contributed by atoms with Gasteiger partial charge in [-0.25, -0.2) is 0 Å². The minimum atomic E-state index is -0.901. The lowest BCUT2D eigenvalue weighted by Crippen LogP contribution is -2.58. The van der Waals surface area contributed by atoms with Gasteiger partial charge in [0.15, 0.2) is 0 Å². The zero-order chi connectivity index (χ0) is 24.1. The summed E-state index contributed by atoms with van der Waals surface area (Å²) in [7, 11) is 0. The van der Waals surface area contributed by atoms with Crippen molar-refractivity contribution in [2.45, 2.75) is 75.1 Å². The third-order valence-electron chi connectivity index (χ3n) is 7.66. The van der Waals surface area contributed by atoms with Gasteiger partial charge in [0.05, 0.1) is 35.8 Å². The Morgan fingerprint density at radius 3 is 2.48 bits per heavy atom. The van der Waals surface area contributed by atoms with Crippen LogP contribution in [0.5, 0.6) is 0 Å². The van der Waals surface area contributed by atoms with Crippen molar-refractivity contribution in [3.63, 3.8) is 0 Å². The molecule has 2 saturated heterocycles. The molecule has 33 heavy (non-hydrogen) atoms. The highest BCUT2D eigenvalue weighted by molar-refractivity contribution is 8.02. The van der Waals surface area contributed by atoms with E-state index in [1.807, 2.05) is 52.8 Å². The number of likely N-dealkylation sites (tertiary alicyclic amines) is 1. The molecule has 0 radical (unpaired) electrons. The summed E-state index contributed by atoms with van der Waals surface area (Å²) in [6.07, 6.45) is 9.64. The molecule has 0 aliphatic carbocycles. The first kappa shape index (κ1) is 24.3. The van der Waals surface area contributed by atoms with Crippen LogP contribution in [-0.4, -0.2) is 80.1 Å². The highest BCUT2D eigenvalue weighted by Crippen LogP contribution is 2.65. The Morgan fingerprint density at radius 2 is 1.85 bits per heavy atom. The molecular weight excluding hydrogens is 440 g/mol. The van der Waals surface area contributed by atoms with Gasteiger partial charge in [0, 0.05) is 17.3 Å². The van der Waals surface area contributed by atoms with Gasteiger partial charge >= 0.3 is 5.97 Å². The number of aliphatic hydroxyl groups excluding tert-OH is 1. The molecule has 1 spiro atoms. The molecule has 1 unspecified atom stereocenters. The summed E-state index contributed by atoms with van der Waals surface area (Å²) in [5.74, 6) is -2.21. The molecule has 0 bridgehead atoms. The SMILES string of the molecule is CC(C)[C@H](CO)N1C(=O)[C@@H]2[C@@H]3C(=O)OCCC/C=C\[C@]3(C)S[C@@]23C=CCN(C(C)C)C(=O)C13. The molecule has 0 aromatic heterocycles. The van der Waals surface area contributed by atoms with E-state index in [1.54, 1.807) is 21.6 Å². The van der Waals surface area contributed by atoms with Crippen molar-refractivity contribution in [1.82, 2.24) is 9.80 Å². The minimum absolute atomic E-state index is 0.0380. The van der Waals surface area contributed by atoms with E-state index in [-0.39, 0.29) is 36.4 Å². The summed E-state index contributed by atoms with van der Waals surface area (Å²) in [4.78, 5) is 45.0. The lowest BCUT2D eigenvalue weighted by Gasteiger charge is -2.41. The Kier molecular flexibility index (Phi) is 6.46. The molecule has 7 nitrogen and oxygen atoms in total. The van der Waals surface area contributed by atoms with Crippen molar-refractivity contribution in [2.75, 3.05) is 19.8 Å². The third-order valence-corrected chi connectivity index (χ3v) is 9.45. The van der Waals surface area contributed by atoms with E-state index in [0.29, 0.717) is 13.2 Å². The van der Waals surface area contributed by atoms with Crippen LogP contribution in [0.25, 0.3) is 0 Å². The quantitative estimate of drug-likeness (QED) is 0.495. The fraction of sp³-hybridized carbons (Fsp3) is 0.720. The third kappa shape index (κ3) is 3.64. The monoisotopic (exact) mass is 476 g/mol. The van der Waals surface area contributed by atoms with Crippen molar-refractivity contribution in [3.05, 3.63) is 24.3 Å². The van der Waals surface area contributed by atoms with Gasteiger partial charge in [0.25, 0.3) is 0 Å². The zero-order valence-corrected chi connectivity index (χ0v) is 21.0. The van der Waals surface area contributed by atoms with Crippen molar-refractivity contribution >= 4 is 29.5 Å². The number of esters is 1. The van der Waals surface area contributed by atoms with E-state index in [0.717, 1.165) is 12.8 Å². The van der Waals surface area contributed by atoms with Crippen LogP contribution in [0.3, 0.4) is 0 Å². The molecule has 4 rings (SSSR count). The number of thioether (sulfide) groups is 1. The van der Waals surface area contributed by atoms with Crippen molar-refractivity contribution in [2.24, 2.45) is 17.8 Å². The first-order valence-corrected chi connectivity index (χ1v) is 12.9. The molecule has 4 aliphatic heterocycles. The summed E-state index contributed by atoms with van der Waals surface area (Å²) >= 11 is 1.55. The summed E-state index contributed by atoms with van der Waals surface area (Å²) in [5.41, 5.74) is 0. The molecule has 2 amide bonds. The Labute approximate surface area is 200 Å². The summed E-state index contributed by atoms with van der Waals surface area (Å²) < 4.78 is 4.06. The number of hydrogen-bond donors (Lipinski definition) is 1. The number of cyclic esters (lactones) is 1. The van der Waals surface area contributed by atoms with Crippen molar-refractivity contribution in [3.8, 4) is 0 Å². The van der Waals surface area contributed by atoms with Crippen LogP contribution in [0.15, 0.2) is 24.3 Å². The maximum Gasteiger partial charge on any atom is 0.311 e. The topological polar surface area (TPSA) is 87.2 Å². The lowest BCUT2D eigenvalue weighted by molar-refractivity contribution is -0.155. The number of fused-ring (bicyclic) bond motifs is 2. The van der Waals surface area contributed by atoms with E-state index in [4.69, 9.17) is 4.74 Å². The van der Waals surface area contributed by atoms with Crippen molar-refractivity contribution in [1.29, 1.82) is 0 Å². The van der Waals surface area contributed by atoms with Crippen LogP contribution in [0.1, 0.15) is 47.5 Å². The molecule has 0 aromatic rings. The number of rotatable bonds is 4. The van der Waals surface area contributed by atoms with Gasteiger partial charge in [-0.3, -0.25) is 14.4 Å². The molecule has 6 atom stereocenters. The van der Waals surface area contributed by atoms with Crippen LogP contribution in [-0.2, 0) is 19.1 Å². The van der Waals surface area contributed by atoms with Crippen molar-refractivity contribution < 1.29 is 24.2 Å².